The summed E-state index contributed by atoms with van der Waals surface area (Å²) in [7, 11) is 0. The monoisotopic (exact) mass is 380 g/mol. The van der Waals surface area contributed by atoms with Crippen molar-refractivity contribution in [1.29, 1.82) is 0 Å². The van der Waals surface area contributed by atoms with E-state index in [1.807, 2.05) is 36.0 Å². The van der Waals surface area contributed by atoms with Gasteiger partial charge in [0.1, 0.15) is 5.82 Å². The van der Waals surface area contributed by atoms with E-state index >= 15 is 0 Å². The molecular formula is C21H28N6O. The zero-order chi connectivity index (χ0) is 19.5. The van der Waals surface area contributed by atoms with Crippen LogP contribution in [0.15, 0.2) is 36.5 Å². The molecule has 0 bridgehead atoms. The van der Waals surface area contributed by atoms with Crippen molar-refractivity contribution in [1.82, 2.24) is 29.9 Å². The lowest BCUT2D eigenvalue weighted by atomic mass is 10.1. The van der Waals surface area contributed by atoms with Crippen molar-refractivity contribution < 1.29 is 4.74 Å². The fourth-order valence-corrected chi connectivity index (χ4v) is 3.90. The number of ether oxygens (including phenoxy) is 1. The summed E-state index contributed by atoms with van der Waals surface area (Å²) < 4.78 is 8.29. The van der Waals surface area contributed by atoms with Gasteiger partial charge in [0.2, 0.25) is 0 Å². The van der Waals surface area contributed by atoms with Crippen LogP contribution < -0.4 is 0 Å². The molecule has 0 aliphatic carbocycles. The van der Waals surface area contributed by atoms with Gasteiger partial charge in [-0.3, -0.25) is 14.7 Å². The molecule has 28 heavy (non-hydrogen) atoms. The number of rotatable bonds is 7. The number of hydrogen-bond donors (Lipinski definition) is 1. The number of hydrogen-bond acceptors (Lipinski definition) is 5. The molecular weight excluding hydrogens is 352 g/mol. The summed E-state index contributed by atoms with van der Waals surface area (Å²) in [5.74, 6) is 1.70. The Morgan fingerprint density at radius 2 is 2.04 bits per heavy atom. The smallest absolute Gasteiger partial charge is 0.167 e. The van der Waals surface area contributed by atoms with Crippen molar-refractivity contribution in [2.75, 3.05) is 6.54 Å². The summed E-state index contributed by atoms with van der Waals surface area (Å²) in [6.45, 7) is 9.40. The first-order valence-electron chi connectivity index (χ1n) is 9.93. The Labute approximate surface area is 165 Å². The Kier molecular flexibility index (Phi) is 5.54. The minimum atomic E-state index is 0.148. The Morgan fingerprint density at radius 3 is 2.71 bits per heavy atom. The number of nitrogens with zero attached hydrogens (tertiary/aromatic N) is 5. The van der Waals surface area contributed by atoms with Gasteiger partial charge in [-0.25, -0.2) is 4.98 Å². The minimum Gasteiger partial charge on any atom is -0.372 e. The van der Waals surface area contributed by atoms with E-state index in [9.17, 15) is 0 Å². The van der Waals surface area contributed by atoms with Gasteiger partial charge in [0.05, 0.1) is 24.9 Å². The van der Waals surface area contributed by atoms with Gasteiger partial charge in [0.25, 0.3) is 0 Å². The van der Waals surface area contributed by atoms with E-state index in [4.69, 9.17) is 4.74 Å². The van der Waals surface area contributed by atoms with Gasteiger partial charge in [-0.05, 0) is 32.8 Å². The molecule has 3 aromatic rings. The number of aromatic amines is 1. The molecule has 1 fully saturated rings. The Bertz CT molecular complexity index is 903. The molecule has 4 rings (SSSR count). The van der Waals surface area contributed by atoms with Crippen LogP contribution in [0.5, 0.6) is 0 Å². The predicted molar refractivity (Wildman–Crippen MR) is 107 cm³/mol. The fourth-order valence-electron chi connectivity index (χ4n) is 3.90. The normalized spacial score (nSPS) is 20.1. The summed E-state index contributed by atoms with van der Waals surface area (Å²) in [4.78, 5) is 7.02. The number of H-pyrrole nitrogens is 1. The third-order valence-electron chi connectivity index (χ3n) is 5.48. The van der Waals surface area contributed by atoms with Gasteiger partial charge in [-0.2, -0.15) is 10.2 Å². The molecule has 1 saturated heterocycles. The van der Waals surface area contributed by atoms with Crippen molar-refractivity contribution in [2.24, 2.45) is 0 Å². The van der Waals surface area contributed by atoms with Crippen LogP contribution in [-0.4, -0.2) is 42.5 Å². The molecule has 0 radical (unpaired) electrons. The minimum absolute atomic E-state index is 0.148. The lowest BCUT2D eigenvalue weighted by Gasteiger charge is -2.21. The van der Waals surface area contributed by atoms with E-state index < -0.39 is 0 Å². The van der Waals surface area contributed by atoms with E-state index in [0.29, 0.717) is 6.61 Å². The van der Waals surface area contributed by atoms with Crippen LogP contribution in [0.3, 0.4) is 0 Å². The summed E-state index contributed by atoms with van der Waals surface area (Å²) in [6, 6.07) is 10.5. The number of aryl methyl sites for hydroxylation is 2. The largest absolute Gasteiger partial charge is 0.372 e. The molecule has 0 spiro atoms. The van der Waals surface area contributed by atoms with E-state index in [2.05, 4.69) is 51.2 Å². The van der Waals surface area contributed by atoms with Crippen LogP contribution in [0.25, 0.3) is 0 Å². The molecule has 7 nitrogen and oxygen atoms in total. The SMILES string of the molecule is CCn1ncc(CN2C[C@@H](OCc3ccccc3)C[C@H]2c2n[nH]c(C)n2)c1C. The lowest BCUT2D eigenvalue weighted by molar-refractivity contribution is 0.0461. The molecule has 148 valence electrons. The predicted octanol–water partition coefficient (Wildman–Crippen LogP) is 3.17. The maximum absolute atomic E-state index is 6.24. The van der Waals surface area contributed by atoms with Crippen LogP contribution in [0.2, 0.25) is 0 Å². The van der Waals surface area contributed by atoms with Gasteiger partial charge in [0.15, 0.2) is 5.82 Å². The van der Waals surface area contributed by atoms with E-state index in [1.54, 1.807) is 0 Å². The average molecular weight is 380 g/mol. The molecule has 0 unspecified atom stereocenters. The van der Waals surface area contributed by atoms with E-state index in [0.717, 1.165) is 37.7 Å². The Balaban J connectivity index is 1.49. The topological polar surface area (TPSA) is 71.9 Å². The van der Waals surface area contributed by atoms with Crippen molar-refractivity contribution in [3.8, 4) is 0 Å². The maximum Gasteiger partial charge on any atom is 0.167 e. The molecule has 7 heteroatoms. The Hall–Kier alpha value is -2.51. The first kappa shape index (κ1) is 18.8. The fraction of sp³-hybridized carbons (Fsp3) is 0.476. The zero-order valence-electron chi connectivity index (χ0n) is 16.8. The molecule has 0 amide bonds. The third-order valence-corrected chi connectivity index (χ3v) is 5.48. The molecule has 0 saturated carbocycles. The summed E-state index contributed by atoms with van der Waals surface area (Å²) in [5.41, 5.74) is 3.68. The molecule has 1 aliphatic rings. The van der Waals surface area contributed by atoms with Gasteiger partial charge < -0.3 is 4.74 Å². The number of aromatic nitrogens is 5. The zero-order valence-corrected chi connectivity index (χ0v) is 16.8. The standard InChI is InChI=1S/C21H28N6O/c1-4-27-15(2)18(11-22-27)12-26-13-19(28-14-17-8-6-5-7-9-17)10-20(26)21-23-16(3)24-25-21/h5-9,11,19-20H,4,10,12-14H2,1-3H3,(H,23,24,25)/t19-,20-/m0/s1. The highest BCUT2D eigenvalue weighted by atomic mass is 16.5. The quantitative estimate of drug-likeness (QED) is 0.682. The second kappa shape index (κ2) is 8.24. The van der Waals surface area contributed by atoms with Crippen LogP contribution >= 0.6 is 0 Å². The van der Waals surface area contributed by atoms with Crippen molar-refractivity contribution in [3.05, 3.63) is 65.0 Å². The summed E-state index contributed by atoms with van der Waals surface area (Å²) >= 11 is 0. The highest BCUT2D eigenvalue weighted by molar-refractivity contribution is 5.17. The molecule has 1 aliphatic heterocycles. The van der Waals surface area contributed by atoms with Crippen molar-refractivity contribution in [2.45, 2.75) is 59.0 Å². The van der Waals surface area contributed by atoms with Crippen LogP contribution in [-0.2, 0) is 24.4 Å². The lowest BCUT2D eigenvalue weighted by Crippen LogP contribution is -2.26. The van der Waals surface area contributed by atoms with E-state index in [-0.39, 0.29) is 12.1 Å². The van der Waals surface area contributed by atoms with Crippen molar-refractivity contribution in [3.63, 3.8) is 0 Å². The van der Waals surface area contributed by atoms with Crippen LogP contribution in [0.1, 0.15) is 47.9 Å². The maximum atomic E-state index is 6.24. The highest BCUT2D eigenvalue weighted by Crippen LogP contribution is 2.33. The van der Waals surface area contributed by atoms with E-state index in [1.165, 1.54) is 16.8 Å². The summed E-state index contributed by atoms with van der Waals surface area (Å²) in [6.07, 6.45) is 3.04. The number of nitrogens with one attached hydrogen (secondary N) is 1. The molecule has 2 atom stereocenters. The van der Waals surface area contributed by atoms with Gasteiger partial charge in [0, 0.05) is 30.9 Å². The van der Waals surface area contributed by atoms with Gasteiger partial charge in [-0.15, -0.1) is 0 Å². The summed E-state index contributed by atoms with van der Waals surface area (Å²) in [5, 5.41) is 11.9. The average Bonchev–Trinajstić information content (AvgIpc) is 3.41. The van der Waals surface area contributed by atoms with Crippen molar-refractivity contribution >= 4 is 0 Å². The highest BCUT2D eigenvalue weighted by Gasteiger charge is 2.36. The van der Waals surface area contributed by atoms with Gasteiger partial charge >= 0.3 is 0 Å². The molecule has 3 heterocycles. The number of likely N-dealkylation sites (tertiary alicyclic amines) is 1. The molecule has 1 N–H and O–H groups in total. The first-order chi connectivity index (χ1) is 13.6. The molecule has 2 aromatic heterocycles. The van der Waals surface area contributed by atoms with Crippen LogP contribution in [0.4, 0.5) is 0 Å². The first-order valence-corrected chi connectivity index (χ1v) is 9.93. The second-order valence-corrected chi connectivity index (χ2v) is 7.45. The van der Waals surface area contributed by atoms with Crippen LogP contribution in [0, 0.1) is 13.8 Å². The second-order valence-electron chi connectivity index (χ2n) is 7.45. The molecule has 1 aromatic carbocycles. The third kappa shape index (κ3) is 4.00. The Morgan fingerprint density at radius 1 is 1.21 bits per heavy atom. The number of benzene rings is 1. The van der Waals surface area contributed by atoms with Gasteiger partial charge in [-0.1, -0.05) is 30.3 Å².